The lowest BCUT2D eigenvalue weighted by molar-refractivity contribution is -0.167. The molecule has 0 aromatic rings. The molecule has 0 spiro atoms. The summed E-state index contributed by atoms with van der Waals surface area (Å²) >= 11 is 0. The van der Waals surface area contributed by atoms with E-state index in [4.69, 9.17) is 14.2 Å². The summed E-state index contributed by atoms with van der Waals surface area (Å²) in [7, 11) is 0. The van der Waals surface area contributed by atoms with Gasteiger partial charge in [-0.05, 0) is 135 Å². The first-order valence-corrected chi connectivity index (χ1v) is 27.8. The summed E-state index contributed by atoms with van der Waals surface area (Å²) in [6.07, 6.45) is 81.2. The average Bonchev–Trinajstić information content (AvgIpc) is 3.36. The molecule has 0 aromatic heterocycles. The Balaban J connectivity index is 4.48. The molecule has 0 aromatic carbocycles. The van der Waals surface area contributed by atoms with Crippen LogP contribution in [0.25, 0.3) is 0 Å². The highest BCUT2D eigenvalue weighted by Gasteiger charge is 2.19. The van der Waals surface area contributed by atoms with Crippen LogP contribution in [0.2, 0.25) is 0 Å². The van der Waals surface area contributed by atoms with Gasteiger partial charge >= 0.3 is 17.9 Å². The Morgan fingerprint density at radius 2 is 0.557 bits per heavy atom. The molecule has 0 rings (SSSR count). The molecule has 0 saturated heterocycles. The van der Waals surface area contributed by atoms with Crippen LogP contribution in [0.3, 0.4) is 0 Å². The zero-order chi connectivity index (χ0) is 50.7. The molecule has 0 bridgehead atoms. The highest BCUT2D eigenvalue weighted by Crippen LogP contribution is 2.12. The van der Waals surface area contributed by atoms with Crippen molar-refractivity contribution in [3.05, 3.63) is 146 Å². The maximum absolute atomic E-state index is 12.8. The van der Waals surface area contributed by atoms with Gasteiger partial charge in [0.15, 0.2) is 6.10 Å². The third kappa shape index (κ3) is 54.2. The van der Waals surface area contributed by atoms with Crippen molar-refractivity contribution in [2.75, 3.05) is 13.2 Å². The average molecular weight is 965 g/mol. The smallest absolute Gasteiger partial charge is 0.306 e. The second kappa shape index (κ2) is 56.9. The molecule has 0 fully saturated rings. The van der Waals surface area contributed by atoms with Crippen LogP contribution in [0.4, 0.5) is 0 Å². The molecule has 0 aliphatic rings. The Morgan fingerprint density at radius 3 is 0.914 bits per heavy atom. The van der Waals surface area contributed by atoms with E-state index in [1.54, 1.807) is 0 Å². The minimum Gasteiger partial charge on any atom is -0.462 e. The number of carbonyl (C=O) groups excluding carboxylic acids is 3. The molecule has 0 radical (unpaired) electrons. The largest absolute Gasteiger partial charge is 0.462 e. The van der Waals surface area contributed by atoms with Crippen molar-refractivity contribution >= 4 is 17.9 Å². The number of rotatable bonds is 48. The summed E-state index contributed by atoms with van der Waals surface area (Å²) in [4.78, 5) is 38.1. The number of hydrogen-bond donors (Lipinski definition) is 0. The zero-order valence-electron chi connectivity index (χ0n) is 44.7. The molecule has 0 heterocycles. The number of ether oxygens (including phenoxy) is 3. The maximum atomic E-state index is 12.8. The lowest BCUT2D eigenvalue weighted by atomic mass is 10.1. The first kappa shape index (κ1) is 65.3. The molecular weight excluding hydrogens is 865 g/mol. The van der Waals surface area contributed by atoms with Gasteiger partial charge in [-0.3, -0.25) is 14.4 Å². The summed E-state index contributed by atoms with van der Waals surface area (Å²) in [5.74, 6) is -0.994. The monoisotopic (exact) mass is 965 g/mol. The van der Waals surface area contributed by atoms with Gasteiger partial charge in [0.25, 0.3) is 0 Å². The van der Waals surface area contributed by atoms with E-state index in [-0.39, 0.29) is 37.5 Å². The minimum atomic E-state index is -0.816. The minimum absolute atomic E-state index is 0.111. The highest BCUT2D eigenvalue weighted by atomic mass is 16.6. The standard InChI is InChI=1S/C64H100O6/c1-4-7-10-13-16-19-22-24-26-28-30-32-34-36-38-40-42-45-48-51-54-57-63(66)69-60-61(59-68-62(65)56-53-50-47-44-21-18-15-12-9-6-3)70-64(67)58-55-52-49-46-43-41-39-37-35-33-31-29-27-25-23-20-17-14-11-8-5-2/h7-8,10-12,15-17,19-20,24-27,30-33,36-39,42,45,61H,4-6,9,13-14,18,21-23,28-29,34-35,40-41,43-44,46-60H2,1-3H3/b10-7-,11-8-,15-12-,19-16-,20-17-,26-24-,27-25-,32-30-,33-31-,38-36-,39-37-,45-42-. The number of hydrogen-bond acceptors (Lipinski definition) is 6. The third-order valence-electron chi connectivity index (χ3n) is 11.0. The first-order valence-electron chi connectivity index (χ1n) is 27.8. The van der Waals surface area contributed by atoms with E-state index < -0.39 is 6.10 Å². The fraction of sp³-hybridized carbons (Fsp3) is 0.578. The van der Waals surface area contributed by atoms with Crippen LogP contribution >= 0.6 is 0 Å². The van der Waals surface area contributed by atoms with Crippen molar-refractivity contribution in [1.29, 1.82) is 0 Å². The number of unbranched alkanes of at least 4 members (excludes halogenated alkanes) is 13. The van der Waals surface area contributed by atoms with E-state index in [0.29, 0.717) is 19.3 Å². The fourth-order valence-corrected chi connectivity index (χ4v) is 6.94. The Kier molecular flexibility index (Phi) is 53.0. The first-order chi connectivity index (χ1) is 34.5. The summed E-state index contributed by atoms with van der Waals surface area (Å²) in [6.45, 7) is 6.27. The third-order valence-corrected chi connectivity index (χ3v) is 11.0. The fourth-order valence-electron chi connectivity index (χ4n) is 6.94. The van der Waals surface area contributed by atoms with Crippen molar-refractivity contribution in [1.82, 2.24) is 0 Å². The Labute approximate surface area is 429 Å². The molecule has 0 aliphatic heterocycles. The van der Waals surface area contributed by atoms with Gasteiger partial charge in [0.05, 0.1) is 0 Å². The molecule has 392 valence electrons. The van der Waals surface area contributed by atoms with Crippen molar-refractivity contribution in [2.45, 2.75) is 226 Å². The van der Waals surface area contributed by atoms with Crippen LogP contribution < -0.4 is 0 Å². The molecular formula is C64H100O6. The van der Waals surface area contributed by atoms with Gasteiger partial charge < -0.3 is 14.2 Å². The summed E-state index contributed by atoms with van der Waals surface area (Å²) < 4.78 is 16.8. The van der Waals surface area contributed by atoms with E-state index in [1.165, 1.54) is 12.8 Å². The number of carbonyl (C=O) groups is 3. The molecule has 0 amide bonds. The van der Waals surface area contributed by atoms with Crippen molar-refractivity contribution < 1.29 is 28.6 Å². The number of allylic oxidation sites excluding steroid dienone is 24. The Bertz CT molecular complexity index is 1580. The van der Waals surface area contributed by atoms with Gasteiger partial charge in [-0.2, -0.15) is 0 Å². The normalized spacial score (nSPS) is 13.2. The zero-order valence-corrected chi connectivity index (χ0v) is 44.7. The van der Waals surface area contributed by atoms with E-state index in [1.807, 2.05) is 0 Å². The van der Waals surface area contributed by atoms with Crippen LogP contribution in [0.5, 0.6) is 0 Å². The van der Waals surface area contributed by atoms with Crippen molar-refractivity contribution in [3.63, 3.8) is 0 Å². The quantitative estimate of drug-likeness (QED) is 0.0262. The van der Waals surface area contributed by atoms with Gasteiger partial charge in [-0.15, -0.1) is 0 Å². The predicted octanol–water partition coefficient (Wildman–Crippen LogP) is 18.8. The van der Waals surface area contributed by atoms with Gasteiger partial charge in [0.2, 0.25) is 0 Å². The molecule has 1 atom stereocenters. The molecule has 0 saturated carbocycles. The Morgan fingerprint density at radius 1 is 0.300 bits per heavy atom. The SMILES string of the molecule is CC/C=C\C/C=C\C/C=C\C/C=C\C/C=C\C/C=C\CCCCC(=O)OCC(COC(=O)CCCCCCC/C=C\CCC)OC(=O)CCCCCCC/C=C\C/C=C\C/C=C\C/C=C\C/C=C\CC. The number of esters is 3. The molecule has 0 aliphatic carbocycles. The van der Waals surface area contributed by atoms with E-state index in [2.05, 4.69) is 167 Å². The predicted molar refractivity (Wildman–Crippen MR) is 302 cm³/mol. The van der Waals surface area contributed by atoms with Crippen LogP contribution in [0.15, 0.2) is 146 Å². The van der Waals surface area contributed by atoms with Gasteiger partial charge in [-0.25, -0.2) is 0 Å². The summed E-state index contributed by atoms with van der Waals surface area (Å²) in [5, 5.41) is 0. The molecule has 1 unspecified atom stereocenters. The molecule has 0 N–H and O–H groups in total. The highest BCUT2D eigenvalue weighted by molar-refractivity contribution is 5.71. The molecule has 70 heavy (non-hydrogen) atoms. The Hall–Kier alpha value is -4.71. The van der Waals surface area contributed by atoms with Gasteiger partial charge in [0.1, 0.15) is 13.2 Å². The van der Waals surface area contributed by atoms with E-state index in [0.717, 1.165) is 161 Å². The van der Waals surface area contributed by atoms with Crippen LogP contribution in [-0.4, -0.2) is 37.2 Å². The lowest BCUT2D eigenvalue weighted by Crippen LogP contribution is -2.30. The van der Waals surface area contributed by atoms with Crippen LogP contribution in [-0.2, 0) is 28.6 Å². The van der Waals surface area contributed by atoms with Gasteiger partial charge in [0, 0.05) is 19.3 Å². The molecule has 6 heteroatoms. The van der Waals surface area contributed by atoms with Crippen LogP contribution in [0, 0.1) is 0 Å². The second-order valence-electron chi connectivity index (χ2n) is 17.7. The van der Waals surface area contributed by atoms with Crippen molar-refractivity contribution in [2.24, 2.45) is 0 Å². The summed E-state index contributed by atoms with van der Waals surface area (Å²) in [5.41, 5.74) is 0. The lowest BCUT2D eigenvalue weighted by Gasteiger charge is -2.18. The van der Waals surface area contributed by atoms with Gasteiger partial charge in [-0.1, -0.05) is 212 Å². The topological polar surface area (TPSA) is 78.9 Å². The molecule has 6 nitrogen and oxygen atoms in total. The van der Waals surface area contributed by atoms with E-state index >= 15 is 0 Å². The van der Waals surface area contributed by atoms with Crippen LogP contribution in [0.1, 0.15) is 220 Å². The van der Waals surface area contributed by atoms with Crippen molar-refractivity contribution in [3.8, 4) is 0 Å². The van der Waals surface area contributed by atoms with E-state index in [9.17, 15) is 14.4 Å². The summed E-state index contributed by atoms with van der Waals surface area (Å²) in [6, 6.07) is 0. The maximum Gasteiger partial charge on any atom is 0.306 e. The second-order valence-corrected chi connectivity index (χ2v) is 17.7.